The number of hydrogen-bond donors (Lipinski definition) is 2. The van der Waals surface area contributed by atoms with Gasteiger partial charge >= 0.3 is 0 Å². The van der Waals surface area contributed by atoms with E-state index in [9.17, 15) is 16.8 Å². The monoisotopic (exact) mass is 660 g/mol. The highest BCUT2D eigenvalue weighted by atomic mass is 32.2. The standard InChI is InChI=1S/C14H14O3S.C8H10O3S.C7H8O.C4H8O.CH4O/c1-12-7-9-14(10-8-12)18(15,16)17-11-13-5-3-2-4-6-13;1-7-3-5-8(6-4-7)12(9,10)11-2;8-6-7-4-2-1-3-5-7;1-2-4-5-3-1;1-2/h2-10H,11H2,1H3;3-6H,1-2H3;1-5,8H,6H2;1-4H2;2H,1H3. The van der Waals surface area contributed by atoms with Gasteiger partial charge in [-0.25, -0.2) is 0 Å². The first-order chi connectivity index (χ1) is 21.6. The van der Waals surface area contributed by atoms with E-state index in [2.05, 4.69) is 4.18 Å². The van der Waals surface area contributed by atoms with Gasteiger partial charge in [0, 0.05) is 20.3 Å². The Balaban J connectivity index is 0.000000322. The van der Waals surface area contributed by atoms with Crippen LogP contribution >= 0.6 is 0 Å². The number of rotatable bonds is 7. The van der Waals surface area contributed by atoms with E-state index in [0.717, 1.165) is 49.7 Å². The molecule has 0 spiro atoms. The molecule has 1 saturated heterocycles. The summed E-state index contributed by atoms with van der Waals surface area (Å²) in [6.07, 6.45) is 2.56. The van der Waals surface area contributed by atoms with Gasteiger partial charge in [-0.1, -0.05) is 96.1 Å². The molecule has 45 heavy (non-hydrogen) atoms. The van der Waals surface area contributed by atoms with Crippen molar-refractivity contribution in [2.45, 2.75) is 49.7 Å². The summed E-state index contributed by atoms with van der Waals surface area (Å²) in [5, 5.41) is 15.5. The first-order valence-electron chi connectivity index (χ1n) is 14.1. The minimum Gasteiger partial charge on any atom is -0.400 e. The van der Waals surface area contributed by atoms with Gasteiger partial charge in [0.1, 0.15) is 0 Å². The van der Waals surface area contributed by atoms with Crippen LogP contribution in [0, 0.1) is 13.8 Å². The zero-order valence-electron chi connectivity index (χ0n) is 26.2. The van der Waals surface area contributed by atoms with E-state index < -0.39 is 20.2 Å². The number of hydrogen-bond acceptors (Lipinski definition) is 9. The van der Waals surface area contributed by atoms with Gasteiger partial charge in [0.15, 0.2) is 0 Å². The van der Waals surface area contributed by atoms with Gasteiger partial charge in [0.2, 0.25) is 0 Å². The molecule has 4 aromatic carbocycles. The van der Waals surface area contributed by atoms with Crippen LogP contribution in [-0.2, 0) is 46.6 Å². The fraction of sp³-hybridized carbons (Fsp3) is 0.294. The molecule has 1 heterocycles. The Bertz CT molecular complexity index is 1510. The van der Waals surface area contributed by atoms with Crippen LogP contribution in [-0.4, -0.2) is 54.5 Å². The Morgan fingerprint density at radius 3 is 1.36 bits per heavy atom. The molecule has 4 aromatic rings. The van der Waals surface area contributed by atoms with Gasteiger partial charge in [-0.05, 0) is 62.1 Å². The molecular formula is C34H44O9S2. The van der Waals surface area contributed by atoms with Crippen molar-refractivity contribution in [2.75, 3.05) is 27.4 Å². The first kappa shape index (κ1) is 39.6. The Hall–Kier alpha value is -3.42. The average molecular weight is 661 g/mol. The molecule has 1 fully saturated rings. The Kier molecular flexibility index (Phi) is 19.5. The van der Waals surface area contributed by atoms with Crippen LogP contribution in [0.25, 0.3) is 0 Å². The van der Waals surface area contributed by atoms with Crippen LogP contribution in [0.4, 0.5) is 0 Å². The molecule has 0 aromatic heterocycles. The molecule has 0 atom stereocenters. The molecule has 1 aliphatic rings. The minimum absolute atomic E-state index is 0.0526. The molecule has 0 unspecified atom stereocenters. The molecule has 9 nitrogen and oxygen atoms in total. The first-order valence-corrected chi connectivity index (χ1v) is 16.9. The molecule has 0 amide bonds. The van der Waals surface area contributed by atoms with E-state index in [4.69, 9.17) is 19.1 Å². The molecule has 0 bridgehead atoms. The lowest BCUT2D eigenvalue weighted by atomic mass is 10.2. The van der Waals surface area contributed by atoms with E-state index in [1.807, 2.05) is 74.5 Å². The van der Waals surface area contributed by atoms with Gasteiger partial charge in [-0.2, -0.15) is 16.8 Å². The summed E-state index contributed by atoms with van der Waals surface area (Å²) >= 11 is 0. The molecule has 0 radical (unpaired) electrons. The average Bonchev–Trinajstić information content (AvgIpc) is 3.68. The van der Waals surface area contributed by atoms with Crippen molar-refractivity contribution in [2.24, 2.45) is 0 Å². The highest BCUT2D eigenvalue weighted by molar-refractivity contribution is 7.87. The second-order valence-corrected chi connectivity index (χ2v) is 12.7. The van der Waals surface area contributed by atoms with Crippen LogP contribution < -0.4 is 0 Å². The predicted octanol–water partition coefficient (Wildman–Crippen LogP) is 5.81. The van der Waals surface area contributed by atoms with Gasteiger partial charge in [0.05, 0.1) is 30.1 Å². The number of aryl methyl sites for hydroxylation is 2. The second kappa shape index (κ2) is 22.1. The maximum Gasteiger partial charge on any atom is 0.297 e. The quantitative estimate of drug-likeness (QED) is 0.235. The number of benzene rings is 4. The molecule has 246 valence electrons. The summed E-state index contributed by atoms with van der Waals surface area (Å²) in [6.45, 7) is 5.99. The lowest BCUT2D eigenvalue weighted by molar-refractivity contribution is 0.198. The SMILES string of the molecule is C1CCOC1.CO.COS(=O)(=O)c1ccc(C)cc1.Cc1ccc(S(=O)(=O)OCc2ccccc2)cc1.OCc1ccccc1. The molecule has 5 rings (SSSR count). The largest absolute Gasteiger partial charge is 0.400 e. The normalized spacial score (nSPS) is 12.0. The summed E-state index contributed by atoms with van der Waals surface area (Å²) in [7, 11) is -5.04. The molecule has 1 aliphatic heterocycles. The highest BCUT2D eigenvalue weighted by Gasteiger charge is 2.14. The van der Waals surface area contributed by atoms with Crippen LogP contribution in [0.3, 0.4) is 0 Å². The van der Waals surface area contributed by atoms with Gasteiger partial charge in [-0.3, -0.25) is 8.37 Å². The molecule has 0 saturated carbocycles. The van der Waals surface area contributed by atoms with Crippen LogP contribution in [0.1, 0.15) is 35.1 Å². The summed E-state index contributed by atoms with van der Waals surface area (Å²) in [5.41, 5.74) is 3.82. The molecular weight excluding hydrogens is 616 g/mol. The molecule has 0 aliphatic carbocycles. The lowest BCUT2D eigenvalue weighted by Gasteiger charge is -2.06. The van der Waals surface area contributed by atoms with Crippen molar-refractivity contribution >= 4 is 20.2 Å². The van der Waals surface area contributed by atoms with Gasteiger partial charge < -0.3 is 14.9 Å². The minimum atomic E-state index is -3.68. The van der Waals surface area contributed by atoms with Crippen LogP contribution in [0.15, 0.2) is 119 Å². The number of aliphatic hydroxyl groups excluding tert-OH is 2. The van der Waals surface area contributed by atoms with Gasteiger partial charge in [0.25, 0.3) is 20.2 Å². The smallest absolute Gasteiger partial charge is 0.297 e. The molecule has 11 heteroatoms. The predicted molar refractivity (Wildman–Crippen MR) is 176 cm³/mol. The highest BCUT2D eigenvalue weighted by Crippen LogP contribution is 2.15. The van der Waals surface area contributed by atoms with Crippen molar-refractivity contribution < 1.29 is 40.2 Å². The van der Waals surface area contributed by atoms with E-state index in [0.29, 0.717) is 0 Å². The summed E-state index contributed by atoms with van der Waals surface area (Å²) in [5.74, 6) is 0. The third-order valence-corrected chi connectivity index (χ3v) is 8.48. The van der Waals surface area contributed by atoms with Crippen molar-refractivity contribution in [3.63, 3.8) is 0 Å². The van der Waals surface area contributed by atoms with Crippen molar-refractivity contribution in [3.05, 3.63) is 131 Å². The third kappa shape index (κ3) is 16.5. The zero-order valence-corrected chi connectivity index (χ0v) is 27.8. The fourth-order valence-electron chi connectivity index (χ4n) is 3.39. The summed E-state index contributed by atoms with van der Waals surface area (Å²) < 4.78 is 60.3. The van der Waals surface area contributed by atoms with E-state index >= 15 is 0 Å². The molecule has 2 N–H and O–H groups in total. The van der Waals surface area contributed by atoms with Crippen molar-refractivity contribution in [1.29, 1.82) is 0 Å². The van der Waals surface area contributed by atoms with Gasteiger partial charge in [-0.15, -0.1) is 0 Å². The topological polar surface area (TPSA) is 136 Å². The Labute approximate surface area is 268 Å². The van der Waals surface area contributed by atoms with Crippen LogP contribution in [0.2, 0.25) is 0 Å². The number of ether oxygens (including phenoxy) is 1. The maximum atomic E-state index is 11.9. The number of aliphatic hydroxyl groups is 2. The lowest BCUT2D eigenvalue weighted by Crippen LogP contribution is -2.06. The Morgan fingerprint density at radius 2 is 1.02 bits per heavy atom. The van der Waals surface area contributed by atoms with E-state index in [1.165, 1.54) is 25.0 Å². The van der Waals surface area contributed by atoms with Crippen LogP contribution in [0.5, 0.6) is 0 Å². The zero-order chi connectivity index (χ0) is 33.6. The van der Waals surface area contributed by atoms with Crippen molar-refractivity contribution in [1.82, 2.24) is 0 Å². The second-order valence-electron chi connectivity index (χ2n) is 9.41. The van der Waals surface area contributed by atoms with Crippen molar-refractivity contribution in [3.8, 4) is 0 Å². The van der Waals surface area contributed by atoms with E-state index in [1.54, 1.807) is 36.4 Å². The summed E-state index contributed by atoms with van der Waals surface area (Å²) in [6, 6.07) is 31.8. The summed E-state index contributed by atoms with van der Waals surface area (Å²) in [4.78, 5) is 0.375. The third-order valence-electron chi connectivity index (χ3n) is 5.92. The fourth-order valence-corrected chi connectivity index (χ4v) is 4.95. The maximum absolute atomic E-state index is 11.9. The Morgan fingerprint density at radius 1 is 0.622 bits per heavy atom. The van der Waals surface area contributed by atoms with E-state index in [-0.39, 0.29) is 23.0 Å².